The molecule has 4 heteroatoms. The highest BCUT2D eigenvalue weighted by Gasteiger charge is 2.26. The van der Waals surface area contributed by atoms with Crippen molar-refractivity contribution in [1.29, 1.82) is 0 Å². The fourth-order valence-electron chi connectivity index (χ4n) is 13.6. The minimum absolute atomic E-state index is 0.834. The molecular formula is C86H56N2O2. The zero-order valence-corrected chi connectivity index (χ0v) is 49.0. The van der Waals surface area contributed by atoms with Crippen LogP contribution in [0.3, 0.4) is 0 Å². The van der Waals surface area contributed by atoms with Gasteiger partial charge in [0.15, 0.2) is 0 Å². The molecule has 2 heterocycles. The number of benzene rings is 15. The quantitative estimate of drug-likeness (QED) is 0.114. The number of hydrogen-bond donors (Lipinski definition) is 0. The van der Waals surface area contributed by atoms with E-state index in [1.54, 1.807) is 0 Å². The van der Waals surface area contributed by atoms with Gasteiger partial charge in [-0.25, -0.2) is 0 Å². The Morgan fingerprint density at radius 1 is 0.178 bits per heavy atom. The molecule has 15 aromatic carbocycles. The van der Waals surface area contributed by atoms with E-state index in [0.717, 1.165) is 144 Å². The van der Waals surface area contributed by atoms with E-state index in [1.165, 1.54) is 22.3 Å². The van der Waals surface area contributed by atoms with E-state index in [4.69, 9.17) is 8.83 Å². The average molecular weight is 1150 g/mol. The van der Waals surface area contributed by atoms with Gasteiger partial charge in [0.25, 0.3) is 0 Å². The highest BCUT2D eigenvalue weighted by Crippen LogP contribution is 2.51. The van der Waals surface area contributed by atoms with Crippen molar-refractivity contribution in [1.82, 2.24) is 0 Å². The first-order valence-electron chi connectivity index (χ1n) is 30.7. The topological polar surface area (TPSA) is 32.8 Å². The van der Waals surface area contributed by atoms with E-state index in [2.05, 4.69) is 337 Å². The molecule has 422 valence electrons. The molecule has 0 atom stereocenters. The summed E-state index contributed by atoms with van der Waals surface area (Å²) in [7, 11) is 0. The van der Waals surface area contributed by atoms with Gasteiger partial charge in [-0.1, -0.05) is 255 Å². The summed E-state index contributed by atoms with van der Waals surface area (Å²) < 4.78 is 13.3. The molecule has 17 aromatic rings. The fourth-order valence-corrected chi connectivity index (χ4v) is 13.6. The lowest BCUT2D eigenvalue weighted by Gasteiger charge is -2.29. The van der Waals surface area contributed by atoms with Crippen molar-refractivity contribution < 1.29 is 8.83 Å². The summed E-state index contributed by atoms with van der Waals surface area (Å²) in [5.74, 6) is 0. The van der Waals surface area contributed by atoms with Gasteiger partial charge < -0.3 is 18.6 Å². The predicted molar refractivity (Wildman–Crippen MR) is 378 cm³/mol. The first-order valence-corrected chi connectivity index (χ1v) is 30.7. The summed E-state index contributed by atoms with van der Waals surface area (Å²) in [4.78, 5) is 4.84. The Hall–Kier alpha value is -12.0. The Morgan fingerprint density at radius 2 is 0.456 bits per heavy atom. The van der Waals surface area contributed by atoms with E-state index in [9.17, 15) is 0 Å². The second kappa shape index (κ2) is 22.1. The molecule has 90 heavy (non-hydrogen) atoms. The van der Waals surface area contributed by atoms with Crippen LogP contribution >= 0.6 is 0 Å². The average Bonchev–Trinajstić information content (AvgIpc) is 1.01. The van der Waals surface area contributed by atoms with E-state index in [0.29, 0.717) is 0 Å². The zero-order chi connectivity index (χ0) is 59.5. The minimum Gasteiger partial charge on any atom is -0.456 e. The first kappa shape index (κ1) is 52.4. The molecule has 0 saturated heterocycles. The third kappa shape index (κ3) is 9.17. The highest BCUT2D eigenvalue weighted by molar-refractivity contribution is 6.24. The molecule has 0 bridgehead atoms. The summed E-state index contributed by atoms with van der Waals surface area (Å²) >= 11 is 0. The lowest BCUT2D eigenvalue weighted by molar-refractivity contribution is 0.668. The van der Waals surface area contributed by atoms with Gasteiger partial charge in [-0.2, -0.15) is 0 Å². The Labute approximate surface area is 521 Å². The van der Waals surface area contributed by atoms with Crippen LogP contribution in [-0.4, -0.2) is 0 Å². The maximum Gasteiger partial charge on any atom is 0.137 e. The van der Waals surface area contributed by atoms with Crippen LogP contribution in [0, 0.1) is 0 Å². The Morgan fingerprint density at radius 3 is 0.811 bits per heavy atom. The maximum atomic E-state index is 6.64. The largest absolute Gasteiger partial charge is 0.456 e. The smallest absolute Gasteiger partial charge is 0.137 e. The van der Waals surface area contributed by atoms with Crippen molar-refractivity contribution in [2.75, 3.05) is 9.80 Å². The molecule has 0 N–H and O–H groups in total. The standard InChI is InChI=1S/C86H56N2O2/c1-5-19-57(20-6-1)61-35-39-65(40-36-61)83-71-53-51-70(88(68-49-45-64(46-50-68)60-25-11-4-12-26-60)78-30-18-34-82-86(78)74-28-14-16-32-80(74)90-82)56-76(71)84(66-41-37-62(38-42-66)58-21-7-2-8-22-58)72-54-52-69(55-75(72)83)87(67-47-43-63(44-48-67)59-23-9-3-10-24-59)77-29-17-33-81-85(77)73-27-13-15-31-79(73)89-81/h1-56H. The van der Waals surface area contributed by atoms with Crippen molar-refractivity contribution in [3.8, 4) is 66.8 Å². The number of furan rings is 2. The number of fused-ring (bicyclic) bond motifs is 8. The van der Waals surface area contributed by atoms with Crippen LogP contribution in [-0.2, 0) is 0 Å². The van der Waals surface area contributed by atoms with Crippen LogP contribution in [0.1, 0.15) is 0 Å². The second-order valence-electron chi connectivity index (χ2n) is 23.1. The summed E-state index contributed by atoms with van der Waals surface area (Å²) in [5.41, 5.74) is 23.3. The van der Waals surface area contributed by atoms with Crippen molar-refractivity contribution in [3.05, 3.63) is 340 Å². The van der Waals surface area contributed by atoms with E-state index in [1.807, 2.05) is 12.1 Å². The molecule has 4 nitrogen and oxygen atoms in total. The van der Waals surface area contributed by atoms with Gasteiger partial charge >= 0.3 is 0 Å². The molecule has 0 spiro atoms. The monoisotopic (exact) mass is 1150 g/mol. The van der Waals surface area contributed by atoms with Gasteiger partial charge in [0, 0.05) is 33.5 Å². The van der Waals surface area contributed by atoms with Crippen LogP contribution in [0.4, 0.5) is 34.1 Å². The normalized spacial score (nSPS) is 11.6. The third-order valence-corrected chi connectivity index (χ3v) is 17.9. The van der Waals surface area contributed by atoms with Gasteiger partial charge in [0.05, 0.1) is 22.1 Å². The highest BCUT2D eigenvalue weighted by atomic mass is 16.3. The van der Waals surface area contributed by atoms with Gasteiger partial charge in [0.1, 0.15) is 22.3 Å². The van der Waals surface area contributed by atoms with E-state index in [-0.39, 0.29) is 0 Å². The summed E-state index contributed by atoms with van der Waals surface area (Å²) in [6, 6.07) is 123. The molecule has 0 saturated carbocycles. The molecular weight excluding hydrogens is 1090 g/mol. The van der Waals surface area contributed by atoms with Crippen LogP contribution in [0.5, 0.6) is 0 Å². The third-order valence-electron chi connectivity index (χ3n) is 17.9. The molecule has 0 unspecified atom stereocenters. The molecule has 2 aromatic heterocycles. The van der Waals surface area contributed by atoms with E-state index < -0.39 is 0 Å². The lowest BCUT2D eigenvalue weighted by Crippen LogP contribution is -2.11. The fraction of sp³-hybridized carbons (Fsp3) is 0. The van der Waals surface area contributed by atoms with Crippen LogP contribution < -0.4 is 9.80 Å². The zero-order valence-electron chi connectivity index (χ0n) is 49.0. The van der Waals surface area contributed by atoms with Crippen molar-refractivity contribution in [2.24, 2.45) is 0 Å². The van der Waals surface area contributed by atoms with Crippen LogP contribution in [0.2, 0.25) is 0 Å². The minimum atomic E-state index is 0.834. The van der Waals surface area contributed by atoms with Crippen LogP contribution in [0.15, 0.2) is 349 Å². The number of para-hydroxylation sites is 2. The van der Waals surface area contributed by atoms with Gasteiger partial charge in [-0.15, -0.1) is 0 Å². The molecule has 17 rings (SSSR count). The Bertz CT molecular complexity index is 5140. The molecule has 0 aliphatic heterocycles. The first-order chi connectivity index (χ1) is 44.6. The lowest BCUT2D eigenvalue weighted by atomic mass is 9.84. The van der Waals surface area contributed by atoms with E-state index >= 15 is 0 Å². The van der Waals surface area contributed by atoms with Gasteiger partial charge in [-0.05, 0) is 173 Å². The molecule has 0 radical (unpaired) electrons. The number of hydrogen-bond acceptors (Lipinski definition) is 4. The SMILES string of the molecule is c1ccc(-c2ccc(-c3c4ccc(N(c5ccc(-c6ccccc6)cc5)c5cccc6oc7ccccc7c56)cc4c(-c4ccc(-c5ccccc5)cc4)c4ccc(N(c5ccc(-c6ccccc6)cc5)c5cccc6oc7ccccc7c56)cc34)cc2)cc1. The maximum absolute atomic E-state index is 6.64. The summed E-state index contributed by atoms with van der Waals surface area (Å²) in [6.07, 6.45) is 0. The Balaban J connectivity index is 0.951. The Kier molecular flexibility index (Phi) is 12.8. The van der Waals surface area contributed by atoms with Gasteiger partial charge in [-0.3, -0.25) is 0 Å². The predicted octanol–water partition coefficient (Wildman–Crippen LogP) is 24.7. The number of rotatable bonds is 12. The summed E-state index contributed by atoms with van der Waals surface area (Å²) in [6.45, 7) is 0. The molecule has 0 aliphatic carbocycles. The van der Waals surface area contributed by atoms with Crippen molar-refractivity contribution in [2.45, 2.75) is 0 Å². The molecule has 0 aliphatic rings. The van der Waals surface area contributed by atoms with Crippen molar-refractivity contribution in [3.63, 3.8) is 0 Å². The second-order valence-corrected chi connectivity index (χ2v) is 23.1. The molecule has 0 amide bonds. The van der Waals surface area contributed by atoms with Gasteiger partial charge in [0.2, 0.25) is 0 Å². The number of nitrogens with zero attached hydrogens (tertiary/aromatic N) is 2. The summed E-state index contributed by atoms with van der Waals surface area (Å²) in [5, 5.41) is 8.75. The van der Waals surface area contributed by atoms with Crippen LogP contribution in [0.25, 0.3) is 132 Å². The number of anilines is 6. The van der Waals surface area contributed by atoms with Crippen molar-refractivity contribution >= 4 is 99.5 Å². The molecule has 0 fully saturated rings.